The first kappa shape index (κ1) is 17.4. The number of hydrogen-bond donors (Lipinski definition) is 4. The van der Waals surface area contributed by atoms with Crippen LogP contribution in [0.1, 0.15) is 0 Å². The molecular formula is C13H13ClN4O3S2. The van der Waals surface area contributed by atoms with E-state index in [-0.39, 0.29) is 10.7 Å². The second kappa shape index (κ2) is 7.55. The molecule has 0 fully saturated rings. The number of thioether (sulfide) groups is 1. The zero-order chi connectivity index (χ0) is 17.0. The summed E-state index contributed by atoms with van der Waals surface area (Å²) in [7, 11) is 1.54. The Labute approximate surface area is 145 Å². The Balaban J connectivity index is 2.24. The minimum Gasteiger partial charge on any atom is -0.495 e. The van der Waals surface area contributed by atoms with Gasteiger partial charge in [-0.2, -0.15) is 0 Å². The molecule has 0 aliphatic carbocycles. The number of nitrogens with two attached hydrogens (primary N) is 2. The lowest BCUT2D eigenvalue weighted by Crippen LogP contribution is -2.29. The maximum atomic E-state index is 10.9. The van der Waals surface area contributed by atoms with Crippen molar-refractivity contribution in [1.82, 2.24) is 10.4 Å². The molecule has 0 saturated carbocycles. The van der Waals surface area contributed by atoms with E-state index in [4.69, 9.17) is 33.0 Å². The number of thiazole rings is 1. The Morgan fingerprint density at radius 1 is 1.52 bits per heavy atom. The third kappa shape index (κ3) is 4.08. The maximum absolute atomic E-state index is 10.9. The number of aliphatic carboxylic acids is 1. The molecule has 23 heavy (non-hydrogen) atoms. The highest BCUT2D eigenvalue weighted by atomic mass is 35.5. The summed E-state index contributed by atoms with van der Waals surface area (Å²) in [6.45, 7) is 0. The van der Waals surface area contributed by atoms with Gasteiger partial charge in [0.25, 0.3) is 0 Å². The minimum absolute atomic E-state index is 0.0182. The lowest BCUT2D eigenvalue weighted by Gasteiger charge is -2.05. The number of nitrogens with one attached hydrogen (secondary N) is 1. The maximum Gasteiger partial charge on any atom is 0.356 e. The number of methoxy groups -OCH3 is 1. The fraction of sp³-hybridized carbons (Fsp3) is 0.0769. The molecule has 122 valence electrons. The molecule has 0 amide bonds. The third-order valence-corrected chi connectivity index (χ3v) is 4.88. The van der Waals surface area contributed by atoms with Gasteiger partial charge in [0.2, 0.25) is 0 Å². The van der Waals surface area contributed by atoms with Crippen LogP contribution in [0.25, 0.3) is 10.6 Å². The van der Waals surface area contributed by atoms with E-state index in [1.54, 1.807) is 24.6 Å². The van der Waals surface area contributed by atoms with Crippen LogP contribution in [0.5, 0.6) is 5.75 Å². The molecule has 1 aromatic heterocycles. The van der Waals surface area contributed by atoms with Crippen LogP contribution < -0.4 is 21.7 Å². The molecule has 2 aromatic rings. The number of hydrazine groups is 1. The number of rotatable bonds is 6. The lowest BCUT2D eigenvalue weighted by atomic mass is 10.2. The number of halogens is 1. The molecule has 1 heterocycles. The lowest BCUT2D eigenvalue weighted by molar-refractivity contribution is -0.133. The van der Waals surface area contributed by atoms with E-state index in [0.717, 1.165) is 22.3 Å². The van der Waals surface area contributed by atoms with Crippen LogP contribution in [-0.2, 0) is 4.79 Å². The average Bonchev–Trinajstić information content (AvgIpc) is 2.95. The highest BCUT2D eigenvalue weighted by molar-refractivity contribution is 8.03. The summed E-state index contributed by atoms with van der Waals surface area (Å²) < 4.78 is 5.10. The normalized spacial score (nSPS) is 11.8. The first-order valence-corrected chi connectivity index (χ1v) is 8.20. The van der Waals surface area contributed by atoms with E-state index in [9.17, 15) is 4.79 Å². The number of carbonyl (C=O) groups is 1. The highest BCUT2D eigenvalue weighted by Gasteiger charge is 2.14. The molecule has 0 aliphatic rings. The second-order valence-electron chi connectivity index (χ2n) is 4.13. The van der Waals surface area contributed by atoms with Crippen LogP contribution >= 0.6 is 34.7 Å². The summed E-state index contributed by atoms with van der Waals surface area (Å²) in [4.78, 5) is 15.3. The molecule has 0 atom stereocenters. The van der Waals surface area contributed by atoms with Crippen molar-refractivity contribution in [3.8, 4) is 16.3 Å². The zero-order valence-electron chi connectivity index (χ0n) is 11.9. The van der Waals surface area contributed by atoms with Crippen molar-refractivity contribution in [3.05, 3.63) is 39.3 Å². The fourth-order valence-electron chi connectivity index (χ4n) is 1.64. The van der Waals surface area contributed by atoms with Gasteiger partial charge in [0.1, 0.15) is 20.8 Å². The van der Waals surface area contributed by atoms with Gasteiger partial charge >= 0.3 is 5.97 Å². The molecule has 7 nitrogen and oxygen atoms in total. The summed E-state index contributed by atoms with van der Waals surface area (Å²) in [5, 5.41) is 12.5. The molecule has 2 rings (SSSR count). The number of nitrogens with zero attached hydrogens (tertiary/aromatic N) is 1. The van der Waals surface area contributed by atoms with E-state index < -0.39 is 5.97 Å². The van der Waals surface area contributed by atoms with Crippen molar-refractivity contribution in [2.45, 2.75) is 5.03 Å². The van der Waals surface area contributed by atoms with Crippen LogP contribution in [0.15, 0.2) is 39.3 Å². The first-order valence-electron chi connectivity index (χ1n) is 6.13. The summed E-state index contributed by atoms with van der Waals surface area (Å²) in [5.74, 6) is 4.48. The standard InChI is InChI=1S/C13H13ClN4O3S2/c1-21-8-3-2-6(4-7(8)14)12-17-9(5-22-12)23-11(15)10(18-16)13(19)20/h2-5,18H,15-16H2,1H3,(H,19,20)/b11-10+. The number of hydrogen-bond acceptors (Lipinski definition) is 8. The molecule has 1 aromatic carbocycles. The Hall–Kier alpha value is -1.94. The molecule has 0 unspecified atom stereocenters. The van der Waals surface area contributed by atoms with Gasteiger partial charge in [-0.05, 0) is 30.0 Å². The van der Waals surface area contributed by atoms with Gasteiger partial charge in [-0.25, -0.2) is 9.78 Å². The van der Waals surface area contributed by atoms with Gasteiger partial charge in [0, 0.05) is 10.9 Å². The van der Waals surface area contributed by atoms with E-state index in [1.165, 1.54) is 11.3 Å². The van der Waals surface area contributed by atoms with Gasteiger partial charge in [-0.1, -0.05) is 11.6 Å². The van der Waals surface area contributed by atoms with Gasteiger partial charge < -0.3 is 21.0 Å². The van der Waals surface area contributed by atoms with Gasteiger partial charge in [-0.15, -0.1) is 11.3 Å². The largest absolute Gasteiger partial charge is 0.495 e. The Morgan fingerprint density at radius 3 is 2.83 bits per heavy atom. The highest BCUT2D eigenvalue weighted by Crippen LogP contribution is 2.34. The van der Waals surface area contributed by atoms with Gasteiger partial charge in [0.05, 0.1) is 12.1 Å². The van der Waals surface area contributed by atoms with Crippen LogP contribution in [0, 0.1) is 0 Å². The van der Waals surface area contributed by atoms with E-state index in [2.05, 4.69) is 10.4 Å². The number of aromatic nitrogens is 1. The van der Waals surface area contributed by atoms with Gasteiger partial charge in [0.15, 0.2) is 5.70 Å². The topological polar surface area (TPSA) is 123 Å². The van der Waals surface area contributed by atoms with Crippen LogP contribution in [0.4, 0.5) is 0 Å². The molecule has 0 radical (unpaired) electrons. The summed E-state index contributed by atoms with van der Waals surface area (Å²) in [6, 6.07) is 5.33. The Kier molecular flexibility index (Phi) is 5.72. The number of benzene rings is 1. The van der Waals surface area contributed by atoms with Crippen LogP contribution in [0.3, 0.4) is 0 Å². The van der Waals surface area contributed by atoms with Crippen molar-refractivity contribution >= 4 is 40.7 Å². The van der Waals surface area contributed by atoms with Crippen molar-refractivity contribution in [3.63, 3.8) is 0 Å². The Bertz CT molecular complexity index is 763. The summed E-state index contributed by atoms with van der Waals surface area (Å²) in [5.41, 5.74) is 8.32. The van der Waals surface area contributed by atoms with Gasteiger partial charge in [-0.3, -0.25) is 5.84 Å². The Morgan fingerprint density at radius 2 is 2.26 bits per heavy atom. The molecule has 10 heteroatoms. The van der Waals surface area contributed by atoms with E-state index >= 15 is 0 Å². The van der Waals surface area contributed by atoms with Crippen molar-refractivity contribution < 1.29 is 14.6 Å². The van der Waals surface area contributed by atoms with Crippen LogP contribution in [0.2, 0.25) is 5.02 Å². The number of ether oxygens (including phenoxy) is 1. The van der Waals surface area contributed by atoms with E-state index in [1.807, 2.05) is 6.07 Å². The summed E-state index contributed by atoms with van der Waals surface area (Å²) in [6.07, 6.45) is 0. The first-order chi connectivity index (χ1) is 11.0. The molecule has 0 aliphatic heterocycles. The predicted octanol–water partition coefficient (Wildman–Crippen LogP) is 2.24. The van der Waals surface area contributed by atoms with E-state index in [0.29, 0.717) is 15.8 Å². The second-order valence-corrected chi connectivity index (χ2v) is 6.46. The van der Waals surface area contributed by atoms with Crippen LogP contribution in [-0.4, -0.2) is 23.2 Å². The predicted molar refractivity (Wildman–Crippen MR) is 91.1 cm³/mol. The molecule has 0 bridgehead atoms. The van der Waals surface area contributed by atoms with Crippen molar-refractivity contribution in [2.24, 2.45) is 11.6 Å². The molecule has 0 spiro atoms. The number of carboxylic acids is 1. The molecule has 6 N–H and O–H groups in total. The minimum atomic E-state index is -1.24. The summed E-state index contributed by atoms with van der Waals surface area (Å²) >= 11 is 8.49. The SMILES string of the molecule is COc1ccc(-c2nc(S/C(N)=C(/NN)C(=O)O)cs2)cc1Cl. The zero-order valence-corrected chi connectivity index (χ0v) is 14.3. The fourth-order valence-corrected chi connectivity index (χ4v) is 3.58. The number of carboxylic acid groups (broad SMARTS) is 1. The molecular weight excluding hydrogens is 360 g/mol. The van der Waals surface area contributed by atoms with Crippen molar-refractivity contribution in [2.75, 3.05) is 7.11 Å². The monoisotopic (exact) mass is 372 g/mol. The average molecular weight is 373 g/mol. The third-order valence-electron chi connectivity index (χ3n) is 2.70. The molecule has 0 saturated heterocycles. The quantitative estimate of drug-likeness (QED) is 0.263. The van der Waals surface area contributed by atoms with Crippen molar-refractivity contribution in [1.29, 1.82) is 0 Å². The smallest absolute Gasteiger partial charge is 0.356 e.